The van der Waals surface area contributed by atoms with Crippen LogP contribution in [0.25, 0.3) is 0 Å². The third-order valence-electron chi connectivity index (χ3n) is 4.01. The minimum absolute atomic E-state index is 0.532. The highest BCUT2D eigenvalue weighted by molar-refractivity contribution is 6.32. The number of nitrogens with one attached hydrogen (secondary N) is 1. The topological polar surface area (TPSA) is 21.3 Å². The quantitative estimate of drug-likeness (QED) is 0.830. The Balaban J connectivity index is 1.56. The molecule has 1 fully saturated rings. The van der Waals surface area contributed by atoms with E-state index in [-0.39, 0.29) is 0 Å². The molecule has 0 amide bonds. The molecular weight excluding hydrogens is 282 g/mol. The van der Waals surface area contributed by atoms with Crippen molar-refractivity contribution in [2.45, 2.75) is 31.7 Å². The lowest BCUT2D eigenvalue weighted by Crippen LogP contribution is -2.33. The second kappa shape index (κ2) is 6.40. The zero-order chi connectivity index (χ0) is 14.7. The largest absolute Gasteiger partial charge is 0.492 e. The van der Waals surface area contributed by atoms with E-state index in [1.165, 1.54) is 18.4 Å². The van der Waals surface area contributed by atoms with E-state index in [1.54, 1.807) is 0 Å². The number of ether oxygens (including phenoxy) is 1. The highest BCUT2D eigenvalue weighted by atomic mass is 35.5. The van der Waals surface area contributed by atoms with Crippen molar-refractivity contribution >= 4 is 17.3 Å². The zero-order valence-corrected chi connectivity index (χ0v) is 12.9. The fraction of sp³-hybridized carbons (Fsp3) is 0.333. The summed E-state index contributed by atoms with van der Waals surface area (Å²) in [6, 6.07) is 17.2. The third kappa shape index (κ3) is 3.33. The van der Waals surface area contributed by atoms with E-state index in [2.05, 4.69) is 35.6 Å². The molecule has 3 rings (SSSR count). The van der Waals surface area contributed by atoms with Crippen molar-refractivity contribution in [2.24, 2.45) is 0 Å². The van der Waals surface area contributed by atoms with E-state index in [4.69, 9.17) is 16.3 Å². The minimum atomic E-state index is 0.532. The van der Waals surface area contributed by atoms with Crippen LogP contribution in [0.4, 0.5) is 5.69 Å². The number of rotatable bonds is 5. The highest BCUT2D eigenvalue weighted by Crippen LogP contribution is 2.39. The Hall–Kier alpha value is -1.67. The van der Waals surface area contributed by atoms with Gasteiger partial charge < -0.3 is 10.1 Å². The molecule has 0 aliphatic heterocycles. The number of hydrogen-bond donors (Lipinski definition) is 1. The van der Waals surface area contributed by atoms with Crippen molar-refractivity contribution in [3.8, 4) is 5.75 Å². The predicted molar refractivity (Wildman–Crippen MR) is 88.4 cm³/mol. The molecule has 0 bridgehead atoms. The summed E-state index contributed by atoms with van der Waals surface area (Å²) < 4.78 is 5.45. The number of benzene rings is 2. The maximum Gasteiger partial charge on any atom is 0.138 e. The van der Waals surface area contributed by atoms with Gasteiger partial charge >= 0.3 is 0 Å². The first-order valence-corrected chi connectivity index (χ1v) is 7.88. The lowest BCUT2D eigenvalue weighted by Gasteiger charge is -2.37. The van der Waals surface area contributed by atoms with Crippen molar-refractivity contribution < 1.29 is 4.74 Å². The molecule has 0 saturated heterocycles. The van der Waals surface area contributed by atoms with Gasteiger partial charge in [0.2, 0.25) is 0 Å². The van der Waals surface area contributed by atoms with Crippen LogP contribution >= 0.6 is 11.6 Å². The molecule has 0 aromatic heterocycles. The number of anilines is 1. The molecule has 0 heterocycles. The Morgan fingerprint density at radius 1 is 1.14 bits per heavy atom. The second-order valence-corrected chi connectivity index (χ2v) is 5.91. The van der Waals surface area contributed by atoms with Gasteiger partial charge in [-0.3, -0.25) is 0 Å². The first kappa shape index (κ1) is 14.3. The highest BCUT2D eigenvalue weighted by Gasteiger charge is 2.30. The molecule has 0 radical (unpaired) electrons. The van der Waals surface area contributed by atoms with Gasteiger partial charge in [-0.25, -0.2) is 0 Å². The predicted octanol–water partition coefficient (Wildman–Crippen LogP) is 5.10. The van der Waals surface area contributed by atoms with Gasteiger partial charge in [0.15, 0.2) is 0 Å². The Morgan fingerprint density at radius 3 is 2.57 bits per heavy atom. The molecule has 0 unspecified atom stereocenters. The summed E-state index contributed by atoms with van der Waals surface area (Å²) >= 11 is 6.21. The maximum absolute atomic E-state index is 6.21. The molecule has 0 spiro atoms. The van der Waals surface area contributed by atoms with Crippen LogP contribution in [0.15, 0.2) is 48.5 Å². The van der Waals surface area contributed by atoms with Crippen molar-refractivity contribution in [3.63, 3.8) is 0 Å². The fourth-order valence-electron chi connectivity index (χ4n) is 2.83. The van der Waals surface area contributed by atoms with Gasteiger partial charge in [0.25, 0.3) is 0 Å². The molecule has 21 heavy (non-hydrogen) atoms. The molecule has 2 aromatic rings. The van der Waals surface area contributed by atoms with Gasteiger partial charge in [-0.05, 0) is 49.4 Å². The van der Waals surface area contributed by atoms with Crippen molar-refractivity contribution in [3.05, 3.63) is 59.1 Å². The van der Waals surface area contributed by atoms with Crippen LogP contribution in [0.5, 0.6) is 5.75 Å². The van der Waals surface area contributed by atoms with Crippen LogP contribution in [-0.2, 0) is 0 Å². The van der Waals surface area contributed by atoms with E-state index in [9.17, 15) is 0 Å². The van der Waals surface area contributed by atoms with E-state index >= 15 is 0 Å². The molecule has 1 aliphatic rings. The SMILES string of the molecule is CCOc1ccc(NC2CC(c3ccccc3)C2)cc1Cl. The van der Waals surface area contributed by atoms with Crippen LogP contribution in [0.2, 0.25) is 5.02 Å². The molecule has 1 aliphatic carbocycles. The van der Waals surface area contributed by atoms with Gasteiger partial charge in [0.05, 0.1) is 11.6 Å². The summed E-state index contributed by atoms with van der Waals surface area (Å²) in [5, 5.41) is 4.22. The minimum Gasteiger partial charge on any atom is -0.492 e. The Bertz CT molecular complexity index is 593. The van der Waals surface area contributed by atoms with Gasteiger partial charge in [0, 0.05) is 11.7 Å². The molecular formula is C18H20ClNO. The second-order valence-electron chi connectivity index (χ2n) is 5.50. The van der Waals surface area contributed by atoms with E-state index in [0.717, 1.165) is 11.4 Å². The molecule has 0 atom stereocenters. The monoisotopic (exact) mass is 301 g/mol. The Kier molecular flexibility index (Phi) is 4.35. The molecule has 1 saturated carbocycles. The number of halogens is 1. The van der Waals surface area contributed by atoms with Gasteiger partial charge in [-0.15, -0.1) is 0 Å². The normalized spacial score (nSPS) is 20.7. The van der Waals surface area contributed by atoms with Crippen molar-refractivity contribution in [1.29, 1.82) is 0 Å². The number of hydrogen-bond acceptors (Lipinski definition) is 2. The lowest BCUT2D eigenvalue weighted by molar-refractivity contribution is 0.340. The summed E-state index contributed by atoms with van der Waals surface area (Å²) in [4.78, 5) is 0. The summed E-state index contributed by atoms with van der Waals surface area (Å²) in [6.07, 6.45) is 2.35. The average molecular weight is 302 g/mol. The van der Waals surface area contributed by atoms with Crippen LogP contribution in [0.3, 0.4) is 0 Å². The van der Waals surface area contributed by atoms with Gasteiger partial charge in [0.1, 0.15) is 5.75 Å². The third-order valence-corrected chi connectivity index (χ3v) is 4.31. The first-order chi connectivity index (χ1) is 10.3. The Labute approximate surface area is 131 Å². The summed E-state index contributed by atoms with van der Waals surface area (Å²) in [7, 11) is 0. The molecule has 1 N–H and O–H groups in total. The van der Waals surface area contributed by atoms with Crippen LogP contribution < -0.4 is 10.1 Å². The first-order valence-electron chi connectivity index (χ1n) is 7.50. The lowest BCUT2D eigenvalue weighted by atomic mass is 9.76. The van der Waals surface area contributed by atoms with Crippen LogP contribution in [0, 0.1) is 0 Å². The molecule has 110 valence electrons. The fourth-order valence-corrected chi connectivity index (χ4v) is 3.07. The zero-order valence-electron chi connectivity index (χ0n) is 12.2. The average Bonchev–Trinajstić information content (AvgIpc) is 2.46. The Morgan fingerprint density at radius 2 is 1.90 bits per heavy atom. The maximum atomic E-state index is 6.21. The summed E-state index contributed by atoms with van der Waals surface area (Å²) in [5.41, 5.74) is 2.51. The van der Waals surface area contributed by atoms with Gasteiger partial charge in [-0.1, -0.05) is 41.9 Å². The standard InChI is InChI=1S/C18H20ClNO/c1-2-21-18-9-8-15(12-17(18)19)20-16-10-14(11-16)13-6-4-3-5-7-13/h3-9,12,14,16,20H,2,10-11H2,1H3. The summed E-state index contributed by atoms with van der Waals surface area (Å²) in [6.45, 7) is 2.59. The summed E-state index contributed by atoms with van der Waals surface area (Å²) in [5.74, 6) is 1.43. The van der Waals surface area contributed by atoms with Crippen LogP contribution in [0.1, 0.15) is 31.2 Å². The van der Waals surface area contributed by atoms with Crippen LogP contribution in [-0.4, -0.2) is 12.6 Å². The van der Waals surface area contributed by atoms with E-state index in [0.29, 0.717) is 23.6 Å². The molecule has 3 heteroatoms. The van der Waals surface area contributed by atoms with Gasteiger partial charge in [-0.2, -0.15) is 0 Å². The van der Waals surface area contributed by atoms with E-state index in [1.807, 2.05) is 25.1 Å². The van der Waals surface area contributed by atoms with E-state index < -0.39 is 0 Å². The molecule has 2 aromatic carbocycles. The van der Waals surface area contributed by atoms with Crippen molar-refractivity contribution in [1.82, 2.24) is 0 Å². The van der Waals surface area contributed by atoms with Crippen molar-refractivity contribution in [2.75, 3.05) is 11.9 Å². The smallest absolute Gasteiger partial charge is 0.138 e. The molecule has 2 nitrogen and oxygen atoms in total.